The summed E-state index contributed by atoms with van der Waals surface area (Å²) in [4.78, 5) is 16.2. The van der Waals surface area contributed by atoms with E-state index in [-0.39, 0.29) is 11.5 Å². The topological polar surface area (TPSA) is 70.2 Å². The normalized spacial score (nSPS) is 22.3. The van der Waals surface area contributed by atoms with Crippen LogP contribution in [0.3, 0.4) is 0 Å². The highest BCUT2D eigenvalue weighted by atomic mass is 32.2. The Balaban J connectivity index is 1.34. The lowest BCUT2D eigenvalue weighted by molar-refractivity contribution is 0.0799. The van der Waals surface area contributed by atoms with Gasteiger partial charge in [0.2, 0.25) is 10.0 Å². The van der Waals surface area contributed by atoms with Gasteiger partial charge in [-0.3, -0.25) is 4.31 Å². The van der Waals surface area contributed by atoms with E-state index in [9.17, 15) is 13.2 Å². The fourth-order valence-electron chi connectivity index (χ4n) is 5.35. The Labute approximate surface area is 180 Å². The average molecular weight is 436 g/mol. The second-order valence-corrected chi connectivity index (χ2v) is 10.9. The van der Waals surface area contributed by atoms with Crippen molar-refractivity contribution < 1.29 is 17.9 Å². The molecule has 1 amide bonds. The number of ether oxygens (including phenoxy) is 1. The van der Waals surface area contributed by atoms with Crippen molar-refractivity contribution in [1.82, 2.24) is 9.80 Å². The number of fused-ring (bicyclic) bond motifs is 2. The summed E-state index contributed by atoms with van der Waals surface area (Å²) in [6.45, 7) is 7.42. The highest BCUT2D eigenvalue weighted by Gasteiger charge is 2.47. The first kappa shape index (κ1) is 21.4. The largest absolute Gasteiger partial charge is 0.450 e. The second kappa shape index (κ2) is 8.38. The maximum atomic E-state index is 12.3. The third kappa shape index (κ3) is 4.17. The number of para-hydroxylation sites is 1. The molecule has 1 aromatic rings. The Bertz CT molecular complexity index is 872. The minimum atomic E-state index is -3.27. The van der Waals surface area contributed by atoms with Gasteiger partial charge in [-0.15, -0.1) is 0 Å². The van der Waals surface area contributed by atoms with Crippen molar-refractivity contribution in [1.29, 1.82) is 0 Å². The molecular formula is C22H33N3O4S. The van der Waals surface area contributed by atoms with E-state index in [2.05, 4.69) is 11.0 Å². The van der Waals surface area contributed by atoms with Crippen molar-refractivity contribution in [2.75, 3.05) is 56.4 Å². The number of sulfonamides is 1. The monoisotopic (exact) mass is 435 g/mol. The van der Waals surface area contributed by atoms with Crippen LogP contribution in [0.1, 0.15) is 38.2 Å². The molecule has 8 heteroatoms. The molecule has 0 radical (unpaired) electrons. The van der Waals surface area contributed by atoms with E-state index in [0.717, 1.165) is 64.1 Å². The minimum absolute atomic E-state index is 0.0660. The summed E-state index contributed by atoms with van der Waals surface area (Å²) in [7, 11) is -3.27. The summed E-state index contributed by atoms with van der Waals surface area (Å²) in [6.07, 6.45) is 5.12. The van der Waals surface area contributed by atoms with Crippen LogP contribution in [0.25, 0.3) is 0 Å². The Kier molecular flexibility index (Phi) is 5.99. The van der Waals surface area contributed by atoms with Crippen LogP contribution in [0.4, 0.5) is 10.5 Å². The van der Waals surface area contributed by atoms with Crippen molar-refractivity contribution in [3.05, 3.63) is 29.8 Å². The zero-order valence-electron chi connectivity index (χ0n) is 18.0. The van der Waals surface area contributed by atoms with Gasteiger partial charge < -0.3 is 14.5 Å². The van der Waals surface area contributed by atoms with Crippen LogP contribution in [0.2, 0.25) is 0 Å². The molecule has 0 N–H and O–H groups in total. The molecule has 0 aliphatic carbocycles. The van der Waals surface area contributed by atoms with E-state index in [1.54, 1.807) is 4.31 Å². The zero-order chi connectivity index (χ0) is 21.4. The van der Waals surface area contributed by atoms with Crippen molar-refractivity contribution in [2.24, 2.45) is 5.92 Å². The number of likely N-dealkylation sites (tertiary alicyclic amines) is 2. The number of rotatable bonds is 4. The lowest BCUT2D eigenvalue weighted by Gasteiger charge is -2.42. The molecule has 7 nitrogen and oxygen atoms in total. The molecule has 3 heterocycles. The SMILES string of the molecule is CCOC(=O)N1CCC(CN2CCC3(CC2)CN(S(C)(=O)=O)c2ccccc23)CC1. The number of nitrogens with zero attached hydrogens (tertiary/aromatic N) is 3. The number of piperidine rings is 2. The van der Waals surface area contributed by atoms with Crippen LogP contribution in [0, 0.1) is 5.92 Å². The summed E-state index contributed by atoms with van der Waals surface area (Å²) >= 11 is 0. The molecule has 1 spiro atoms. The Morgan fingerprint density at radius 2 is 1.80 bits per heavy atom. The van der Waals surface area contributed by atoms with E-state index in [1.807, 2.05) is 30.0 Å². The fourth-order valence-corrected chi connectivity index (χ4v) is 6.35. The van der Waals surface area contributed by atoms with E-state index < -0.39 is 10.0 Å². The van der Waals surface area contributed by atoms with Crippen molar-refractivity contribution in [3.63, 3.8) is 0 Å². The van der Waals surface area contributed by atoms with Crippen LogP contribution in [0.15, 0.2) is 24.3 Å². The van der Waals surface area contributed by atoms with Crippen LogP contribution < -0.4 is 4.31 Å². The van der Waals surface area contributed by atoms with Crippen molar-refractivity contribution in [2.45, 2.75) is 38.0 Å². The van der Waals surface area contributed by atoms with E-state index in [1.165, 1.54) is 11.8 Å². The summed E-state index contributed by atoms with van der Waals surface area (Å²) in [5, 5.41) is 0. The van der Waals surface area contributed by atoms with Crippen LogP contribution in [0.5, 0.6) is 0 Å². The summed E-state index contributed by atoms with van der Waals surface area (Å²) < 4.78 is 31.4. The van der Waals surface area contributed by atoms with Gasteiger partial charge in [0.1, 0.15) is 0 Å². The molecule has 0 saturated carbocycles. The number of amides is 1. The van der Waals surface area contributed by atoms with Gasteiger partial charge in [0.05, 0.1) is 18.6 Å². The predicted molar refractivity (Wildman–Crippen MR) is 117 cm³/mol. The van der Waals surface area contributed by atoms with Crippen molar-refractivity contribution in [3.8, 4) is 0 Å². The molecule has 3 aliphatic heterocycles. The van der Waals surface area contributed by atoms with Gasteiger partial charge in [-0.25, -0.2) is 13.2 Å². The smallest absolute Gasteiger partial charge is 0.409 e. The number of carbonyl (C=O) groups excluding carboxylic acids is 1. The Morgan fingerprint density at radius 1 is 1.13 bits per heavy atom. The van der Waals surface area contributed by atoms with E-state index in [4.69, 9.17) is 4.74 Å². The molecule has 2 fully saturated rings. The van der Waals surface area contributed by atoms with Crippen LogP contribution in [-0.2, 0) is 20.2 Å². The lowest BCUT2D eigenvalue weighted by atomic mass is 9.74. The third-order valence-electron chi connectivity index (χ3n) is 7.06. The predicted octanol–water partition coefficient (Wildman–Crippen LogP) is 2.67. The van der Waals surface area contributed by atoms with Gasteiger partial charge in [-0.1, -0.05) is 18.2 Å². The maximum absolute atomic E-state index is 12.3. The minimum Gasteiger partial charge on any atom is -0.450 e. The molecule has 0 bridgehead atoms. The first-order valence-electron chi connectivity index (χ1n) is 11.0. The molecular weight excluding hydrogens is 402 g/mol. The molecule has 0 aromatic heterocycles. The standard InChI is InChI=1S/C22H33N3O4S/c1-3-29-21(26)24-12-8-18(9-13-24)16-23-14-10-22(11-15-23)17-25(30(2,27)28)20-7-5-4-6-19(20)22/h4-7,18H,3,8-17H2,1-2H3. The van der Waals surface area contributed by atoms with Gasteiger partial charge in [0.15, 0.2) is 0 Å². The summed E-state index contributed by atoms with van der Waals surface area (Å²) in [5.74, 6) is 0.605. The van der Waals surface area contributed by atoms with Gasteiger partial charge in [0.25, 0.3) is 0 Å². The number of hydrogen-bond acceptors (Lipinski definition) is 5. The molecule has 0 atom stereocenters. The van der Waals surface area contributed by atoms with E-state index >= 15 is 0 Å². The van der Waals surface area contributed by atoms with Gasteiger partial charge in [0, 0.05) is 31.6 Å². The summed E-state index contributed by atoms with van der Waals surface area (Å²) in [5.41, 5.74) is 1.99. The number of carbonyl (C=O) groups is 1. The molecule has 4 rings (SSSR count). The average Bonchev–Trinajstić information content (AvgIpc) is 3.05. The number of anilines is 1. The number of hydrogen-bond donors (Lipinski definition) is 0. The Hall–Kier alpha value is -1.80. The third-order valence-corrected chi connectivity index (χ3v) is 8.19. The molecule has 1 aromatic carbocycles. The summed E-state index contributed by atoms with van der Waals surface area (Å²) in [6, 6.07) is 8.00. The zero-order valence-corrected chi connectivity index (χ0v) is 18.9. The fraction of sp³-hybridized carbons (Fsp3) is 0.682. The van der Waals surface area contributed by atoms with E-state index in [0.29, 0.717) is 19.1 Å². The van der Waals surface area contributed by atoms with Crippen molar-refractivity contribution >= 4 is 21.8 Å². The van der Waals surface area contributed by atoms with Gasteiger partial charge in [-0.2, -0.15) is 0 Å². The Morgan fingerprint density at radius 3 is 2.43 bits per heavy atom. The lowest BCUT2D eigenvalue weighted by Crippen LogP contribution is -2.48. The second-order valence-electron chi connectivity index (χ2n) is 9.00. The quantitative estimate of drug-likeness (QED) is 0.727. The maximum Gasteiger partial charge on any atom is 0.409 e. The molecule has 2 saturated heterocycles. The first-order valence-corrected chi connectivity index (χ1v) is 12.9. The molecule has 30 heavy (non-hydrogen) atoms. The first-order chi connectivity index (χ1) is 14.3. The number of benzene rings is 1. The molecule has 0 unspecified atom stereocenters. The highest BCUT2D eigenvalue weighted by Crippen LogP contribution is 2.47. The van der Waals surface area contributed by atoms with Gasteiger partial charge >= 0.3 is 6.09 Å². The molecule has 166 valence electrons. The molecule has 3 aliphatic rings. The van der Waals surface area contributed by atoms with Gasteiger partial charge in [-0.05, 0) is 63.2 Å². The van der Waals surface area contributed by atoms with Crippen LogP contribution in [-0.4, -0.2) is 76.4 Å². The van der Waals surface area contributed by atoms with Crippen LogP contribution >= 0.6 is 0 Å². The highest BCUT2D eigenvalue weighted by molar-refractivity contribution is 7.92.